The van der Waals surface area contributed by atoms with Crippen molar-refractivity contribution in [3.63, 3.8) is 0 Å². The van der Waals surface area contributed by atoms with E-state index in [0.717, 1.165) is 11.3 Å². The van der Waals surface area contributed by atoms with E-state index in [9.17, 15) is 9.59 Å². The van der Waals surface area contributed by atoms with Crippen LogP contribution in [0.4, 0.5) is 5.69 Å². The van der Waals surface area contributed by atoms with Gasteiger partial charge in [-0.15, -0.1) is 0 Å². The molecule has 1 unspecified atom stereocenters. The van der Waals surface area contributed by atoms with Gasteiger partial charge in [0.15, 0.2) is 0 Å². The van der Waals surface area contributed by atoms with Crippen molar-refractivity contribution in [2.24, 2.45) is 0 Å². The van der Waals surface area contributed by atoms with Gasteiger partial charge in [-0.1, -0.05) is 66.7 Å². The molecule has 6 nitrogen and oxygen atoms in total. The second-order valence-corrected chi connectivity index (χ2v) is 8.15. The van der Waals surface area contributed by atoms with Gasteiger partial charge in [-0.2, -0.15) is 0 Å². The number of anilines is 1. The lowest BCUT2D eigenvalue weighted by Crippen LogP contribution is -2.26. The molecule has 0 aliphatic carbocycles. The number of para-hydroxylation sites is 2. The second-order valence-electron chi connectivity index (χ2n) is 8.15. The molecule has 0 saturated heterocycles. The van der Waals surface area contributed by atoms with Gasteiger partial charge in [0.05, 0.1) is 11.6 Å². The topological polar surface area (TPSA) is 76.7 Å². The number of rotatable bonds is 10. The van der Waals surface area contributed by atoms with E-state index in [2.05, 4.69) is 10.6 Å². The molecule has 1 atom stereocenters. The van der Waals surface area contributed by atoms with Crippen LogP contribution in [0.1, 0.15) is 39.2 Å². The van der Waals surface area contributed by atoms with Crippen LogP contribution in [-0.4, -0.2) is 25.0 Å². The van der Waals surface area contributed by atoms with E-state index in [-0.39, 0.29) is 24.5 Å². The van der Waals surface area contributed by atoms with Crippen molar-refractivity contribution in [1.29, 1.82) is 0 Å². The molecule has 0 aliphatic heterocycles. The second kappa shape index (κ2) is 12.2. The first-order chi connectivity index (χ1) is 17.6. The highest BCUT2D eigenvalue weighted by Gasteiger charge is 2.15. The molecule has 0 fully saturated rings. The molecule has 0 bridgehead atoms. The Labute approximate surface area is 210 Å². The summed E-state index contributed by atoms with van der Waals surface area (Å²) in [6.07, 6.45) is 0. The SMILES string of the molecule is CC(NC(=O)c1cccc(NC(=O)c2ccccc2OCCOc2ccccc2)c1)c1ccccc1. The average Bonchev–Trinajstić information content (AvgIpc) is 2.92. The zero-order valence-corrected chi connectivity index (χ0v) is 20.0. The minimum absolute atomic E-state index is 0.146. The van der Waals surface area contributed by atoms with E-state index in [1.165, 1.54) is 0 Å². The van der Waals surface area contributed by atoms with E-state index in [1.807, 2.05) is 73.7 Å². The predicted octanol–water partition coefficient (Wildman–Crippen LogP) is 5.89. The van der Waals surface area contributed by atoms with Crippen LogP contribution in [-0.2, 0) is 0 Å². The normalized spacial score (nSPS) is 11.2. The molecule has 4 aromatic carbocycles. The van der Waals surface area contributed by atoms with Crippen LogP contribution in [0.2, 0.25) is 0 Å². The van der Waals surface area contributed by atoms with Gasteiger partial charge in [0, 0.05) is 11.3 Å². The molecule has 4 rings (SSSR count). The van der Waals surface area contributed by atoms with Crippen molar-refractivity contribution >= 4 is 17.5 Å². The van der Waals surface area contributed by atoms with Crippen molar-refractivity contribution in [1.82, 2.24) is 5.32 Å². The molecule has 2 amide bonds. The lowest BCUT2D eigenvalue weighted by molar-refractivity contribution is 0.0938. The molecular weight excluding hydrogens is 452 g/mol. The first-order valence-corrected chi connectivity index (χ1v) is 11.8. The number of nitrogens with one attached hydrogen (secondary N) is 2. The Morgan fingerprint density at radius 2 is 1.39 bits per heavy atom. The smallest absolute Gasteiger partial charge is 0.259 e. The Balaban J connectivity index is 1.36. The van der Waals surface area contributed by atoms with Crippen LogP contribution in [0.25, 0.3) is 0 Å². The molecule has 0 radical (unpaired) electrons. The van der Waals surface area contributed by atoms with Crippen LogP contribution < -0.4 is 20.1 Å². The highest BCUT2D eigenvalue weighted by Crippen LogP contribution is 2.21. The summed E-state index contributed by atoms with van der Waals surface area (Å²) >= 11 is 0. The van der Waals surface area contributed by atoms with Gasteiger partial charge in [0.25, 0.3) is 11.8 Å². The fourth-order valence-corrected chi connectivity index (χ4v) is 3.65. The lowest BCUT2D eigenvalue weighted by Gasteiger charge is -2.15. The van der Waals surface area contributed by atoms with Crippen molar-refractivity contribution < 1.29 is 19.1 Å². The maximum Gasteiger partial charge on any atom is 0.259 e. The highest BCUT2D eigenvalue weighted by molar-refractivity contribution is 6.06. The number of carbonyl (C=O) groups is 2. The van der Waals surface area contributed by atoms with Gasteiger partial charge in [-0.05, 0) is 55.0 Å². The number of carbonyl (C=O) groups excluding carboxylic acids is 2. The number of amides is 2. The van der Waals surface area contributed by atoms with Crippen LogP contribution >= 0.6 is 0 Å². The van der Waals surface area contributed by atoms with Crippen molar-refractivity contribution in [3.8, 4) is 11.5 Å². The van der Waals surface area contributed by atoms with Crippen LogP contribution in [0.3, 0.4) is 0 Å². The zero-order valence-electron chi connectivity index (χ0n) is 20.0. The monoisotopic (exact) mass is 480 g/mol. The van der Waals surface area contributed by atoms with Gasteiger partial charge in [0.2, 0.25) is 0 Å². The van der Waals surface area contributed by atoms with E-state index < -0.39 is 0 Å². The van der Waals surface area contributed by atoms with Gasteiger partial charge < -0.3 is 20.1 Å². The third kappa shape index (κ3) is 6.73. The van der Waals surface area contributed by atoms with Gasteiger partial charge in [0.1, 0.15) is 24.7 Å². The van der Waals surface area contributed by atoms with E-state index in [1.54, 1.807) is 42.5 Å². The van der Waals surface area contributed by atoms with E-state index in [4.69, 9.17) is 9.47 Å². The Morgan fingerprint density at radius 3 is 2.17 bits per heavy atom. The number of hydrogen-bond donors (Lipinski definition) is 2. The van der Waals surface area contributed by atoms with Crippen LogP contribution in [0.15, 0.2) is 109 Å². The van der Waals surface area contributed by atoms with Gasteiger partial charge in [-0.3, -0.25) is 9.59 Å². The number of ether oxygens (including phenoxy) is 2. The minimum Gasteiger partial charge on any atom is -0.490 e. The first-order valence-electron chi connectivity index (χ1n) is 11.8. The summed E-state index contributed by atoms with van der Waals surface area (Å²) in [5.41, 5.74) is 2.38. The summed E-state index contributed by atoms with van der Waals surface area (Å²) in [7, 11) is 0. The third-order valence-corrected chi connectivity index (χ3v) is 5.51. The number of benzene rings is 4. The summed E-state index contributed by atoms with van der Waals surface area (Å²) in [4.78, 5) is 25.8. The Bertz CT molecular complexity index is 1290. The van der Waals surface area contributed by atoms with Crippen molar-refractivity contribution in [3.05, 3.63) is 126 Å². The van der Waals surface area contributed by atoms with Gasteiger partial charge >= 0.3 is 0 Å². The molecule has 36 heavy (non-hydrogen) atoms. The first kappa shape index (κ1) is 24.5. The molecule has 4 aromatic rings. The Hall–Kier alpha value is -4.58. The van der Waals surface area contributed by atoms with Crippen LogP contribution in [0.5, 0.6) is 11.5 Å². The number of hydrogen-bond acceptors (Lipinski definition) is 4. The third-order valence-electron chi connectivity index (χ3n) is 5.51. The highest BCUT2D eigenvalue weighted by atomic mass is 16.5. The molecule has 0 aliphatic rings. The summed E-state index contributed by atoms with van der Waals surface area (Å²) in [5, 5.41) is 5.86. The van der Waals surface area contributed by atoms with Crippen molar-refractivity contribution in [2.75, 3.05) is 18.5 Å². The fraction of sp³-hybridized carbons (Fsp3) is 0.133. The molecule has 182 valence electrons. The van der Waals surface area contributed by atoms with Crippen molar-refractivity contribution in [2.45, 2.75) is 13.0 Å². The molecule has 0 spiro atoms. The predicted molar refractivity (Wildman–Crippen MR) is 141 cm³/mol. The maximum atomic E-state index is 13.0. The molecule has 2 N–H and O–H groups in total. The largest absolute Gasteiger partial charge is 0.490 e. The fourth-order valence-electron chi connectivity index (χ4n) is 3.65. The summed E-state index contributed by atoms with van der Waals surface area (Å²) in [6, 6.07) is 32.9. The lowest BCUT2D eigenvalue weighted by atomic mass is 10.1. The molecule has 0 aromatic heterocycles. The van der Waals surface area contributed by atoms with E-state index in [0.29, 0.717) is 29.2 Å². The quantitative estimate of drug-likeness (QED) is 0.278. The average molecular weight is 481 g/mol. The minimum atomic E-state index is -0.329. The Morgan fingerprint density at radius 1 is 0.722 bits per heavy atom. The van der Waals surface area contributed by atoms with Crippen LogP contribution in [0, 0.1) is 0 Å². The summed E-state index contributed by atoms with van der Waals surface area (Å²) in [5.74, 6) is 0.667. The Kier molecular flexibility index (Phi) is 8.33. The molecule has 0 saturated carbocycles. The summed E-state index contributed by atoms with van der Waals surface area (Å²) < 4.78 is 11.5. The van der Waals surface area contributed by atoms with E-state index >= 15 is 0 Å². The molecular formula is C30H28N2O4. The summed E-state index contributed by atoms with van der Waals surface area (Å²) in [6.45, 7) is 2.56. The zero-order chi connectivity index (χ0) is 25.2. The maximum absolute atomic E-state index is 13.0. The molecule has 0 heterocycles. The molecule has 6 heteroatoms. The van der Waals surface area contributed by atoms with Gasteiger partial charge in [-0.25, -0.2) is 0 Å². The standard InChI is InChI=1S/C30H28N2O4/c1-22(23-11-4-2-5-12-23)31-29(33)24-13-10-14-25(21-24)32-30(34)27-17-8-9-18-28(27)36-20-19-35-26-15-6-3-7-16-26/h2-18,21-22H,19-20H2,1H3,(H,31,33)(H,32,34).